The van der Waals surface area contributed by atoms with Crippen molar-refractivity contribution < 1.29 is 31.9 Å². The van der Waals surface area contributed by atoms with Gasteiger partial charge in [-0.05, 0) is 61.1 Å². The van der Waals surface area contributed by atoms with E-state index < -0.39 is 65.7 Å². The molecule has 0 radical (unpaired) electrons. The first-order valence-corrected chi connectivity index (χ1v) is 14.1. The Balaban J connectivity index is 1.53. The van der Waals surface area contributed by atoms with Crippen molar-refractivity contribution in [3.05, 3.63) is 82.7 Å². The topological polar surface area (TPSA) is 119 Å². The smallest absolute Gasteiger partial charge is 0.252 e. The van der Waals surface area contributed by atoms with E-state index in [2.05, 4.69) is 15.3 Å². The molecule has 2 heterocycles. The maximum Gasteiger partial charge on any atom is 0.252 e. The maximum absolute atomic E-state index is 14.8. The molecule has 44 heavy (non-hydrogen) atoms. The van der Waals surface area contributed by atoms with Crippen molar-refractivity contribution in [1.29, 1.82) is 5.26 Å². The zero-order valence-corrected chi connectivity index (χ0v) is 23.5. The molecular weight excluding hydrogens is 580 g/mol. The molecule has 1 N–H and O–H groups in total. The van der Waals surface area contributed by atoms with Crippen LogP contribution in [0.3, 0.4) is 0 Å². The van der Waals surface area contributed by atoms with Gasteiger partial charge < -0.3 is 5.32 Å². The monoisotopic (exact) mass is 606 g/mol. The van der Waals surface area contributed by atoms with Gasteiger partial charge >= 0.3 is 0 Å². The number of hydrogen-bond donors (Lipinski definition) is 1. The number of hydrogen-bond acceptors (Lipinski definition) is 6. The lowest BCUT2D eigenvalue weighted by Gasteiger charge is -2.45. The quantitative estimate of drug-likeness (QED) is 0.420. The molecule has 3 aromatic rings. The third-order valence-corrected chi connectivity index (χ3v) is 8.51. The van der Waals surface area contributed by atoms with Gasteiger partial charge in [0.05, 0.1) is 5.69 Å². The van der Waals surface area contributed by atoms with Crippen molar-refractivity contribution in [2.45, 2.75) is 69.0 Å². The molecule has 0 unspecified atom stereocenters. The molecule has 1 saturated heterocycles. The molecule has 0 spiro atoms. The average molecular weight is 607 g/mol. The van der Waals surface area contributed by atoms with Crippen molar-refractivity contribution in [3.63, 3.8) is 0 Å². The van der Waals surface area contributed by atoms with Gasteiger partial charge in [-0.2, -0.15) is 5.26 Å². The van der Waals surface area contributed by atoms with Crippen LogP contribution in [0.5, 0.6) is 0 Å². The second-order valence-electron chi connectivity index (χ2n) is 11.4. The van der Waals surface area contributed by atoms with E-state index in [0.29, 0.717) is 29.2 Å². The van der Waals surface area contributed by atoms with Crippen LogP contribution in [0.4, 0.5) is 29.2 Å². The van der Waals surface area contributed by atoms with Crippen LogP contribution in [-0.4, -0.2) is 45.7 Å². The Bertz CT molecular complexity index is 1720. The molecular formula is C31H26F4N6O3. The number of aryl methyl sites for hydroxylation is 2. The Morgan fingerprint density at radius 1 is 1.11 bits per heavy atom. The van der Waals surface area contributed by atoms with Gasteiger partial charge in [-0.15, -0.1) is 0 Å². The molecule has 3 amide bonds. The van der Waals surface area contributed by atoms with E-state index >= 15 is 0 Å². The van der Waals surface area contributed by atoms with Gasteiger partial charge in [0.1, 0.15) is 29.4 Å². The summed E-state index contributed by atoms with van der Waals surface area (Å²) in [7, 11) is 0. The normalized spacial score (nSPS) is 22.2. The molecule has 9 nitrogen and oxygen atoms in total. The van der Waals surface area contributed by atoms with Crippen molar-refractivity contribution in [3.8, 4) is 6.07 Å². The number of rotatable bonds is 6. The Morgan fingerprint density at radius 3 is 2.52 bits per heavy atom. The van der Waals surface area contributed by atoms with Crippen molar-refractivity contribution in [2.24, 2.45) is 0 Å². The summed E-state index contributed by atoms with van der Waals surface area (Å²) in [5, 5.41) is 12.0. The molecule has 1 aliphatic heterocycles. The summed E-state index contributed by atoms with van der Waals surface area (Å²) in [5.41, 5.74) is -0.524. The van der Waals surface area contributed by atoms with E-state index in [0.717, 1.165) is 21.9 Å². The Morgan fingerprint density at radius 2 is 1.84 bits per heavy atom. The highest BCUT2D eigenvalue weighted by Gasteiger charge is 2.57. The fraction of sp³-hybridized carbons (Fsp3) is 0.355. The first-order chi connectivity index (χ1) is 20.9. The second kappa shape index (κ2) is 10.7. The number of halogens is 4. The summed E-state index contributed by atoms with van der Waals surface area (Å²) in [4.78, 5) is 52.5. The number of nitriles is 1. The number of nitrogens with one attached hydrogen (secondary N) is 1. The average Bonchev–Trinajstić information content (AvgIpc) is 3.54. The molecule has 0 bridgehead atoms. The van der Waals surface area contributed by atoms with Gasteiger partial charge in [0.2, 0.25) is 11.9 Å². The lowest BCUT2D eigenvalue weighted by Crippen LogP contribution is -2.64. The summed E-state index contributed by atoms with van der Waals surface area (Å²) < 4.78 is 57.1. The molecule has 2 aliphatic carbocycles. The largest absolute Gasteiger partial charge is 0.351 e. The lowest BCUT2D eigenvalue weighted by atomic mass is 9.82. The number of carbonyl (C=O) groups excluding carboxylic acids is 3. The van der Waals surface area contributed by atoms with Gasteiger partial charge in [-0.25, -0.2) is 27.5 Å². The lowest BCUT2D eigenvalue weighted by molar-refractivity contribution is -0.137. The Kier molecular flexibility index (Phi) is 7.10. The van der Waals surface area contributed by atoms with Gasteiger partial charge in [-0.3, -0.25) is 24.2 Å². The molecule has 226 valence electrons. The van der Waals surface area contributed by atoms with Crippen LogP contribution in [0.25, 0.3) is 0 Å². The zero-order valence-electron chi connectivity index (χ0n) is 23.5. The predicted octanol–water partition coefficient (Wildman–Crippen LogP) is 4.22. The van der Waals surface area contributed by atoms with Gasteiger partial charge in [0.15, 0.2) is 5.54 Å². The van der Waals surface area contributed by atoms with Crippen LogP contribution in [0.15, 0.2) is 48.7 Å². The number of benzene rings is 2. The van der Waals surface area contributed by atoms with E-state index in [-0.39, 0.29) is 36.6 Å². The molecule has 3 aliphatic rings. The first-order valence-electron chi connectivity index (χ1n) is 14.1. The third-order valence-electron chi connectivity index (χ3n) is 8.51. The Labute approximate surface area is 249 Å². The fourth-order valence-electron chi connectivity index (χ4n) is 6.64. The standard InChI is InChI=1S/C31H26F4N6O3/c1-17-3-2-4-18-7-9-31(26(17)18,28(44)38-22-14-30(34,35)15-22)41(23-12-19(32)11-20(33)13-23)27(43)24-5-6-25(42)40(24)29-37-10-8-21(16-36)39-29/h2-4,8,10-13,22,24H,5-7,9,14-15H2,1H3,(H,38,44)/t24-,31-/m0/s1. The number of nitrogens with zero attached hydrogens (tertiary/aromatic N) is 5. The van der Waals surface area contributed by atoms with Crippen LogP contribution < -0.4 is 15.1 Å². The number of fused-ring (bicyclic) bond motifs is 1. The number of aromatic nitrogens is 2. The van der Waals surface area contributed by atoms with Crippen molar-refractivity contribution >= 4 is 29.4 Å². The first kappa shape index (κ1) is 29.2. The van der Waals surface area contributed by atoms with Crippen LogP contribution in [0.1, 0.15) is 54.5 Å². The molecule has 1 aromatic heterocycles. The number of amides is 3. The highest BCUT2D eigenvalue weighted by atomic mass is 19.3. The van der Waals surface area contributed by atoms with E-state index in [1.54, 1.807) is 25.1 Å². The summed E-state index contributed by atoms with van der Waals surface area (Å²) in [5.74, 6) is -7.34. The van der Waals surface area contributed by atoms with Crippen LogP contribution >= 0.6 is 0 Å². The van der Waals surface area contributed by atoms with Crippen molar-refractivity contribution in [1.82, 2.24) is 15.3 Å². The summed E-state index contributed by atoms with van der Waals surface area (Å²) >= 11 is 0. The minimum Gasteiger partial charge on any atom is -0.351 e. The van der Waals surface area contributed by atoms with Gasteiger partial charge in [-0.1, -0.05) is 18.2 Å². The molecule has 1 saturated carbocycles. The minimum absolute atomic E-state index is 0.0207. The van der Waals surface area contributed by atoms with Crippen molar-refractivity contribution in [2.75, 3.05) is 9.80 Å². The fourth-order valence-corrected chi connectivity index (χ4v) is 6.64. The third kappa shape index (κ3) is 4.84. The van der Waals surface area contributed by atoms with Crippen LogP contribution in [0, 0.1) is 29.9 Å². The SMILES string of the molecule is Cc1cccc2c1[C@@](C(=O)NC1CC(F)(F)C1)(N(C(=O)[C@@H]1CCC(=O)N1c1nccc(C#N)n1)c1cc(F)cc(F)c1)CC2. The summed E-state index contributed by atoms with van der Waals surface area (Å²) in [6.07, 6.45) is 0.215. The second-order valence-corrected chi connectivity index (χ2v) is 11.4. The number of carbonyl (C=O) groups is 3. The van der Waals surface area contributed by atoms with E-state index in [4.69, 9.17) is 0 Å². The van der Waals surface area contributed by atoms with Gasteiger partial charge in [0.25, 0.3) is 17.7 Å². The predicted molar refractivity (Wildman–Crippen MR) is 148 cm³/mol. The summed E-state index contributed by atoms with van der Waals surface area (Å²) in [6.45, 7) is 1.73. The highest BCUT2D eigenvalue weighted by Crippen LogP contribution is 2.48. The Hall–Kier alpha value is -4.86. The maximum atomic E-state index is 14.8. The molecule has 2 atom stereocenters. The summed E-state index contributed by atoms with van der Waals surface area (Å²) in [6, 6.07) is 8.72. The van der Waals surface area contributed by atoms with Crippen LogP contribution in [-0.2, 0) is 26.3 Å². The van der Waals surface area contributed by atoms with E-state index in [9.17, 15) is 37.2 Å². The van der Waals surface area contributed by atoms with E-state index in [1.807, 2.05) is 6.07 Å². The highest BCUT2D eigenvalue weighted by molar-refractivity contribution is 6.12. The molecule has 2 fully saturated rings. The number of alkyl halides is 2. The van der Waals surface area contributed by atoms with Gasteiger partial charge in [0, 0.05) is 37.6 Å². The zero-order chi connectivity index (χ0) is 31.4. The minimum atomic E-state index is -2.95. The number of anilines is 2. The molecule has 6 rings (SSSR count). The van der Waals surface area contributed by atoms with E-state index in [1.165, 1.54) is 12.3 Å². The van der Waals surface area contributed by atoms with Crippen LogP contribution in [0.2, 0.25) is 0 Å². The molecule has 2 aromatic carbocycles. The molecule has 13 heteroatoms.